The Morgan fingerprint density at radius 2 is 2.06 bits per heavy atom. The van der Waals surface area contributed by atoms with Gasteiger partial charge in [0, 0.05) is 23.6 Å². The number of nitrogens with two attached hydrogens (primary N) is 1. The number of hydrogen-bond donors (Lipinski definition) is 2. The molecule has 18 heavy (non-hydrogen) atoms. The molecule has 0 atom stereocenters. The van der Waals surface area contributed by atoms with Gasteiger partial charge in [-0.3, -0.25) is 0 Å². The van der Waals surface area contributed by atoms with Crippen LogP contribution in [0.3, 0.4) is 0 Å². The zero-order chi connectivity index (χ0) is 13.4. The van der Waals surface area contributed by atoms with E-state index in [4.69, 9.17) is 10.8 Å². The third kappa shape index (κ3) is 1.78. The molecule has 0 saturated carbocycles. The first kappa shape index (κ1) is 12.6. The zero-order valence-corrected chi connectivity index (χ0v) is 10.9. The lowest BCUT2D eigenvalue weighted by Crippen LogP contribution is -2.04. The van der Waals surface area contributed by atoms with Gasteiger partial charge in [0.2, 0.25) is 0 Å². The Hall–Kier alpha value is -1.81. The first-order valence-corrected chi connectivity index (χ1v) is 5.99. The number of fused-ring (bicyclic) bond motifs is 1. The van der Waals surface area contributed by atoms with Crippen molar-refractivity contribution in [3.63, 3.8) is 0 Å². The summed E-state index contributed by atoms with van der Waals surface area (Å²) in [6.07, 6.45) is 0.815. The summed E-state index contributed by atoms with van der Waals surface area (Å²) in [4.78, 5) is 11.2. The number of carboxylic acid groups (broad SMARTS) is 1. The molecule has 2 rings (SSSR count). The van der Waals surface area contributed by atoms with Crippen LogP contribution in [-0.4, -0.2) is 22.2 Å². The summed E-state index contributed by atoms with van der Waals surface area (Å²) in [5, 5.41) is 10.3. The molecule has 0 saturated heterocycles. The maximum atomic E-state index is 11.2. The first-order chi connectivity index (χ1) is 8.47. The van der Waals surface area contributed by atoms with Crippen molar-refractivity contribution in [3.8, 4) is 0 Å². The SMILES string of the molecule is Cc1cc2c(CCN)c(C)n(C)c2cc1C(=O)O. The second-order valence-electron chi connectivity index (χ2n) is 4.65. The van der Waals surface area contributed by atoms with E-state index in [2.05, 4.69) is 0 Å². The summed E-state index contributed by atoms with van der Waals surface area (Å²) in [6.45, 7) is 4.47. The Labute approximate surface area is 106 Å². The minimum absolute atomic E-state index is 0.363. The molecule has 96 valence electrons. The van der Waals surface area contributed by atoms with Crippen LogP contribution in [-0.2, 0) is 13.5 Å². The van der Waals surface area contributed by atoms with Crippen molar-refractivity contribution < 1.29 is 9.90 Å². The molecular weight excluding hydrogens is 228 g/mol. The Morgan fingerprint density at radius 3 is 2.61 bits per heavy atom. The Bertz CT molecular complexity index is 626. The Morgan fingerprint density at radius 1 is 1.39 bits per heavy atom. The first-order valence-electron chi connectivity index (χ1n) is 5.99. The number of aromatic carboxylic acids is 1. The fourth-order valence-corrected chi connectivity index (χ4v) is 2.48. The van der Waals surface area contributed by atoms with Crippen LogP contribution >= 0.6 is 0 Å². The predicted molar refractivity (Wildman–Crippen MR) is 72.1 cm³/mol. The molecule has 0 aliphatic rings. The molecule has 3 N–H and O–H groups in total. The van der Waals surface area contributed by atoms with Gasteiger partial charge >= 0.3 is 5.97 Å². The summed E-state index contributed by atoms with van der Waals surface area (Å²) in [5.74, 6) is -0.881. The van der Waals surface area contributed by atoms with Gasteiger partial charge in [0.15, 0.2) is 0 Å². The minimum atomic E-state index is -0.881. The number of carboxylic acids is 1. The van der Waals surface area contributed by atoms with Gasteiger partial charge in [-0.25, -0.2) is 4.79 Å². The average Bonchev–Trinajstić information content (AvgIpc) is 2.53. The lowest BCUT2D eigenvalue weighted by atomic mass is 10.0. The maximum Gasteiger partial charge on any atom is 0.336 e. The highest BCUT2D eigenvalue weighted by Crippen LogP contribution is 2.28. The largest absolute Gasteiger partial charge is 0.478 e. The molecule has 0 amide bonds. The fraction of sp³-hybridized carbons (Fsp3) is 0.357. The summed E-state index contributed by atoms with van der Waals surface area (Å²) in [5.41, 5.74) is 10.1. The van der Waals surface area contributed by atoms with Gasteiger partial charge in [0.1, 0.15) is 0 Å². The number of aromatic nitrogens is 1. The molecule has 4 nitrogen and oxygen atoms in total. The van der Waals surface area contributed by atoms with Crippen LogP contribution in [0.4, 0.5) is 0 Å². The molecule has 1 aromatic heterocycles. The van der Waals surface area contributed by atoms with Crippen LogP contribution in [0.15, 0.2) is 12.1 Å². The normalized spacial score (nSPS) is 11.1. The number of benzene rings is 1. The molecule has 1 aromatic carbocycles. The van der Waals surface area contributed by atoms with E-state index in [9.17, 15) is 4.79 Å². The Kier molecular flexibility index (Phi) is 3.13. The van der Waals surface area contributed by atoms with Gasteiger partial charge in [0.05, 0.1) is 5.56 Å². The quantitative estimate of drug-likeness (QED) is 0.870. The van der Waals surface area contributed by atoms with Crippen molar-refractivity contribution in [2.45, 2.75) is 20.3 Å². The Balaban J connectivity index is 2.80. The van der Waals surface area contributed by atoms with Crippen LogP contribution < -0.4 is 5.73 Å². The topological polar surface area (TPSA) is 68.2 Å². The summed E-state index contributed by atoms with van der Waals surface area (Å²) < 4.78 is 2.03. The van der Waals surface area contributed by atoms with Gasteiger partial charge in [0.25, 0.3) is 0 Å². The molecule has 0 fully saturated rings. The van der Waals surface area contributed by atoms with E-state index in [1.54, 1.807) is 6.07 Å². The third-order valence-corrected chi connectivity index (χ3v) is 3.59. The highest BCUT2D eigenvalue weighted by molar-refractivity contribution is 5.96. The summed E-state index contributed by atoms with van der Waals surface area (Å²) in [7, 11) is 1.96. The molecular formula is C14H18N2O2. The lowest BCUT2D eigenvalue weighted by molar-refractivity contribution is 0.0696. The van der Waals surface area contributed by atoms with Crippen LogP contribution in [0.1, 0.15) is 27.2 Å². The van der Waals surface area contributed by atoms with E-state index in [0.29, 0.717) is 12.1 Å². The van der Waals surface area contributed by atoms with E-state index in [1.165, 1.54) is 5.56 Å². The molecule has 1 heterocycles. The maximum absolute atomic E-state index is 11.2. The molecule has 4 heteroatoms. The fourth-order valence-electron chi connectivity index (χ4n) is 2.48. The molecule has 0 radical (unpaired) electrons. The molecule has 0 aliphatic heterocycles. The van der Waals surface area contributed by atoms with E-state index in [0.717, 1.165) is 28.6 Å². The smallest absolute Gasteiger partial charge is 0.336 e. The number of hydrogen-bond acceptors (Lipinski definition) is 2. The minimum Gasteiger partial charge on any atom is -0.478 e. The van der Waals surface area contributed by atoms with Gasteiger partial charge < -0.3 is 15.4 Å². The number of nitrogens with zero attached hydrogens (tertiary/aromatic N) is 1. The van der Waals surface area contributed by atoms with Crippen molar-refractivity contribution in [2.75, 3.05) is 6.54 Å². The molecule has 0 aliphatic carbocycles. The molecule has 0 bridgehead atoms. The highest BCUT2D eigenvalue weighted by Gasteiger charge is 2.15. The van der Waals surface area contributed by atoms with E-state index in [-0.39, 0.29) is 0 Å². The predicted octanol–water partition coefficient (Wildman–Crippen LogP) is 1.99. The van der Waals surface area contributed by atoms with Gasteiger partial charge in [-0.2, -0.15) is 0 Å². The van der Waals surface area contributed by atoms with Crippen LogP contribution in [0.5, 0.6) is 0 Å². The second kappa shape index (κ2) is 4.46. The highest BCUT2D eigenvalue weighted by atomic mass is 16.4. The van der Waals surface area contributed by atoms with E-state index >= 15 is 0 Å². The summed E-state index contributed by atoms with van der Waals surface area (Å²) in [6, 6.07) is 3.71. The lowest BCUT2D eigenvalue weighted by Gasteiger charge is -2.03. The third-order valence-electron chi connectivity index (χ3n) is 3.59. The molecule has 2 aromatic rings. The van der Waals surface area contributed by atoms with Crippen LogP contribution in [0, 0.1) is 13.8 Å². The molecule has 0 unspecified atom stereocenters. The summed E-state index contributed by atoms with van der Waals surface area (Å²) >= 11 is 0. The standard InChI is InChI=1S/C14H18N2O2/c1-8-6-12-10(4-5-15)9(2)16(3)13(12)7-11(8)14(17)18/h6-7H,4-5,15H2,1-3H3,(H,17,18). The van der Waals surface area contributed by atoms with Crippen molar-refractivity contribution in [1.82, 2.24) is 4.57 Å². The average molecular weight is 246 g/mol. The van der Waals surface area contributed by atoms with Crippen LogP contribution in [0.2, 0.25) is 0 Å². The number of rotatable bonds is 3. The van der Waals surface area contributed by atoms with Crippen molar-refractivity contribution in [3.05, 3.63) is 34.5 Å². The van der Waals surface area contributed by atoms with E-state index < -0.39 is 5.97 Å². The second-order valence-corrected chi connectivity index (χ2v) is 4.65. The van der Waals surface area contributed by atoms with Crippen molar-refractivity contribution in [1.29, 1.82) is 0 Å². The number of aryl methyl sites for hydroxylation is 2. The zero-order valence-electron chi connectivity index (χ0n) is 10.9. The van der Waals surface area contributed by atoms with E-state index in [1.807, 2.05) is 31.5 Å². The van der Waals surface area contributed by atoms with Gasteiger partial charge in [-0.05, 0) is 50.1 Å². The van der Waals surface area contributed by atoms with Crippen molar-refractivity contribution in [2.24, 2.45) is 12.8 Å². The monoisotopic (exact) mass is 246 g/mol. The number of carbonyl (C=O) groups is 1. The van der Waals surface area contributed by atoms with Crippen molar-refractivity contribution >= 4 is 16.9 Å². The van der Waals surface area contributed by atoms with Crippen LogP contribution in [0.25, 0.3) is 10.9 Å². The molecule has 0 spiro atoms. The van der Waals surface area contributed by atoms with Gasteiger partial charge in [-0.1, -0.05) is 0 Å². The van der Waals surface area contributed by atoms with Gasteiger partial charge in [-0.15, -0.1) is 0 Å².